The zero-order chi connectivity index (χ0) is 13.9. The quantitative estimate of drug-likeness (QED) is 0.607. The van der Waals surface area contributed by atoms with Crippen molar-refractivity contribution in [2.24, 2.45) is 5.84 Å². The maximum absolute atomic E-state index is 12.3. The van der Waals surface area contributed by atoms with Crippen LogP contribution >= 0.6 is 0 Å². The van der Waals surface area contributed by atoms with E-state index in [2.05, 4.69) is 15.4 Å². The maximum Gasteiger partial charge on any atom is 0.274 e. The van der Waals surface area contributed by atoms with Crippen LogP contribution in [-0.4, -0.2) is 46.6 Å². The Bertz CT molecular complexity index is 450. The zero-order valence-electron chi connectivity index (χ0n) is 11.2. The molecule has 19 heavy (non-hydrogen) atoms. The number of nitrogen functional groups attached to an aromatic ring is 1. The summed E-state index contributed by atoms with van der Waals surface area (Å²) in [5.41, 5.74) is 2.42. The number of hydrogen-bond donors (Lipinski definition) is 2. The molecule has 1 aliphatic heterocycles. The molecule has 1 amide bonds. The third kappa shape index (κ3) is 2.99. The Balaban J connectivity index is 2.10. The van der Waals surface area contributed by atoms with Gasteiger partial charge in [0, 0.05) is 20.2 Å². The number of nitrogens with two attached hydrogens (primary N) is 1. The molecule has 0 spiro atoms. The molecule has 1 atom stereocenters. The Hall–Kier alpha value is -1.73. The van der Waals surface area contributed by atoms with Gasteiger partial charge >= 0.3 is 0 Å². The highest BCUT2D eigenvalue weighted by molar-refractivity contribution is 5.92. The highest BCUT2D eigenvalue weighted by Gasteiger charge is 2.33. The topological polar surface area (TPSA) is 93.4 Å². The normalized spacial score (nSPS) is 23.2. The van der Waals surface area contributed by atoms with E-state index in [4.69, 9.17) is 10.6 Å². The second kappa shape index (κ2) is 5.50. The van der Waals surface area contributed by atoms with Gasteiger partial charge in [0.2, 0.25) is 0 Å². The first-order valence-corrected chi connectivity index (χ1v) is 6.21. The minimum Gasteiger partial charge on any atom is -0.377 e. The summed E-state index contributed by atoms with van der Waals surface area (Å²) in [5.74, 6) is 5.51. The van der Waals surface area contributed by atoms with Gasteiger partial charge in [0.05, 0.1) is 18.0 Å². The van der Waals surface area contributed by atoms with Gasteiger partial charge in [0.1, 0.15) is 5.69 Å². The first kappa shape index (κ1) is 13.7. The van der Waals surface area contributed by atoms with Crippen molar-refractivity contribution in [2.75, 3.05) is 25.6 Å². The Morgan fingerprint density at radius 1 is 1.53 bits per heavy atom. The number of hydrogen-bond acceptors (Lipinski definition) is 6. The van der Waals surface area contributed by atoms with E-state index >= 15 is 0 Å². The summed E-state index contributed by atoms with van der Waals surface area (Å²) < 4.78 is 5.47. The molecule has 1 aromatic rings. The van der Waals surface area contributed by atoms with Crippen molar-refractivity contribution < 1.29 is 9.53 Å². The van der Waals surface area contributed by atoms with Crippen molar-refractivity contribution in [3.05, 3.63) is 18.1 Å². The van der Waals surface area contributed by atoms with Crippen molar-refractivity contribution in [2.45, 2.75) is 25.4 Å². The number of amides is 1. The predicted octanol–water partition coefficient (Wildman–Crippen LogP) is 0.403. The standard InChI is InChI=1S/C12H19N5O2/c1-12(19-2)4-3-5-17(8-12)11(18)9-6-15-10(16-13)7-14-9/h6-7H,3-5,8,13H2,1-2H3,(H,15,16). The monoisotopic (exact) mass is 265 g/mol. The number of methoxy groups -OCH3 is 1. The van der Waals surface area contributed by atoms with Gasteiger partial charge in [0.15, 0.2) is 5.82 Å². The molecule has 7 nitrogen and oxygen atoms in total. The lowest BCUT2D eigenvalue weighted by Gasteiger charge is -2.39. The number of likely N-dealkylation sites (tertiary alicyclic amines) is 1. The summed E-state index contributed by atoms with van der Waals surface area (Å²) in [6.07, 6.45) is 4.74. The van der Waals surface area contributed by atoms with E-state index in [1.165, 1.54) is 12.4 Å². The Kier molecular flexibility index (Phi) is 3.96. The number of carbonyl (C=O) groups excluding carboxylic acids is 1. The summed E-state index contributed by atoms with van der Waals surface area (Å²) in [6, 6.07) is 0. The first-order valence-electron chi connectivity index (χ1n) is 6.21. The van der Waals surface area contributed by atoms with Crippen molar-refractivity contribution >= 4 is 11.7 Å². The van der Waals surface area contributed by atoms with E-state index in [9.17, 15) is 4.79 Å². The van der Waals surface area contributed by atoms with Crippen LogP contribution in [0.4, 0.5) is 5.82 Å². The smallest absolute Gasteiger partial charge is 0.274 e. The van der Waals surface area contributed by atoms with Crippen LogP contribution in [-0.2, 0) is 4.74 Å². The molecule has 0 aromatic carbocycles. The molecule has 7 heteroatoms. The van der Waals surface area contributed by atoms with Gasteiger partial charge in [-0.2, -0.15) is 0 Å². The molecule has 1 aromatic heterocycles. The van der Waals surface area contributed by atoms with Crippen LogP contribution in [0.1, 0.15) is 30.3 Å². The Labute approximate surface area is 112 Å². The average molecular weight is 265 g/mol. The van der Waals surface area contributed by atoms with E-state index in [0.717, 1.165) is 19.4 Å². The molecular weight excluding hydrogens is 246 g/mol. The molecule has 1 saturated heterocycles. The molecule has 1 fully saturated rings. The van der Waals surface area contributed by atoms with Crippen LogP contribution in [0.25, 0.3) is 0 Å². The zero-order valence-corrected chi connectivity index (χ0v) is 11.2. The van der Waals surface area contributed by atoms with Gasteiger partial charge in [-0.15, -0.1) is 0 Å². The average Bonchev–Trinajstić information content (AvgIpc) is 2.46. The summed E-state index contributed by atoms with van der Waals surface area (Å²) in [7, 11) is 1.68. The van der Waals surface area contributed by atoms with Crippen LogP contribution in [0.15, 0.2) is 12.4 Å². The highest BCUT2D eigenvalue weighted by atomic mass is 16.5. The van der Waals surface area contributed by atoms with Gasteiger partial charge < -0.3 is 15.1 Å². The fraction of sp³-hybridized carbons (Fsp3) is 0.583. The van der Waals surface area contributed by atoms with E-state index in [1.54, 1.807) is 12.0 Å². The van der Waals surface area contributed by atoms with Gasteiger partial charge in [-0.3, -0.25) is 4.79 Å². The fourth-order valence-electron chi connectivity index (χ4n) is 2.22. The lowest BCUT2D eigenvalue weighted by Crippen LogP contribution is -2.49. The Morgan fingerprint density at radius 2 is 2.32 bits per heavy atom. The number of aromatic nitrogens is 2. The number of piperidine rings is 1. The molecule has 0 saturated carbocycles. The van der Waals surface area contributed by atoms with Crippen LogP contribution in [0.5, 0.6) is 0 Å². The summed E-state index contributed by atoms with van der Waals surface area (Å²) in [5, 5.41) is 0. The second-order valence-electron chi connectivity index (χ2n) is 4.92. The SMILES string of the molecule is COC1(C)CCCN(C(=O)c2cnc(NN)cn2)C1. The van der Waals surface area contributed by atoms with E-state index in [1.807, 2.05) is 6.92 Å². The van der Waals surface area contributed by atoms with Crippen molar-refractivity contribution in [3.63, 3.8) is 0 Å². The molecule has 0 radical (unpaired) electrons. The number of nitrogens with one attached hydrogen (secondary N) is 1. The summed E-state index contributed by atoms with van der Waals surface area (Å²) in [6.45, 7) is 3.30. The number of nitrogens with zero attached hydrogens (tertiary/aromatic N) is 3. The van der Waals surface area contributed by atoms with E-state index < -0.39 is 0 Å². The number of anilines is 1. The number of carbonyl (C=O) groups is 1. The molecule has 1 unspecified atom stereocenters. The molecular formula is C12H19N5O2. The molecule has 1 aliphatic rings. The summed E-state index contributed by atoms with van der Waals surface area (Å²) in [4.78, 5) is 22.1. The predicted molar refractivity (Wildman–Crippen MR) is 70.4 cm³/mol. The van der Waals surface area contributed by atoms with Crippen LogP contribution in [0.2, 0.25) is 0 Å². The Morgan fingerprint density at radius 3 is 2.89 bits per heavy atom. The molecule has 0 bridgehead atoms. The molecule has 2 heterocycles. The minimum atomic E-state index is -0.278. The molecule has 2 rings (SSSR count). The lowest BCUT2D eigenvalue weighted by atomic mass is 9.94. The maximum atomic E-state index is 12.3. The van der Waals surface area contributed by atoms with E-state index in [-0.39, 0.29) is 11.5 Å². The fourth-order valence-corrected chi connectivity index (χ4v) is 2.22. The number of ether oxygens (including phenoxy) is 1. The second-order valence-corrected chi connectivity index (χ2v) is 4.92. The van der Waals surface area contributed by atoms with Crippen LogP contribution in [0.3, 0.4) is 0 Å². The van der Waals surface area contributed by atoms with Crippen molar-refractivity contribution in [1.29, 1.82) is 0 Å². The highest BCUT2D eigenvalue weighted by Crippen LogP contribution is 2.24. The van der Waals surface area contributed by atoms with Crippen LogP contribution < -0.4 is 11.3 Å². The van der Waals surface area contributed by atoms with Crippen molar-refractivity contribution in [3.8, 4) is 0 Å². The largest absolute Gasteiger partial charge is 0.377 e. The summed E-state index contributed by atoms with van der Waals surface area (Å²) >= 11 is 0. The van der Waals surface area contributed by atoms with E-state index in [0.29, 0.717) is 18.1 Å². The van der Waals surface area contributed by atoms with Crippen LogP contribution in [0, 0.1) is 0 Å². The number of rotatable bonds is 3. The van der Waals surface area contributed by atoms with Gasteiger partial charge in [-0.25, -0.2) is 15.8 Å². The molecule has 3 N–H and O–H groups in total. The third-order valence-electron chi connectivity index (χ3n) is 3.46. The van der Waals surface area contributed by atoms with Gasteiger partial charge in [-0.05, 0) is 19.8 Å². The van der Waals surface area contributed by atoms with Gasteiger partial charge in [-0.1, -0.05) is 0 Å². The van der Waals surface area contributed by atoms with Gasteiger partial charge in [0.25, 0.3) is 5.91 Å². The molecule has 104 valence electrons. The number of hydrazine groups is 1. The minimum absolute atomic E-state index is 0.126. The van der Waals surface area contributed by atoms with Crippen molar-refractivity contribution in [1.82, 2.24) is 14.9 Å². The molecule has 0 aliphatic carbocycles. The lowest BCUT2D eigenvalue weighted by molar-refractivity contribution is -0.0441. The first-order chi connectivity index (χ1) is 9.08. The third-order valence-corrected chi connectivity index (χ3v) is 3.46.